The molecule has 3 unspecified atom stereocenters. The number of amides is 3. The molecule has 24 heavy (non-hydrogen) atoms. The van der Waals surface area contributed by atoms with Crippen LogP contribution in [-0.2, 0) is 20.9 Å². The molecule has 0 aromatic heterocycles. The van der Waals surface area contributed by atoms with Crippen LogP contribution in [0.2, 0.25) is 5.02 Å². The van der Waals surface area contributed by atoms with Crippen LogP contribution in [0.5, 0.6) is 0 Å². The number of carbonyl (C=O) groups excluding carboxylic acids is 3. The van der Waals surface area contributed by atoms with Gasteiger partial charge in [0.25, 0.3) is 0 Å². The zero-order chi connectivity index (χ0) is 17.3. The van der Waals surface area contributed by atoms with Crippen molar-refractivity contribution >= 4 is 29.3 Å². The number of nitrogens with zero attached hydrogens (tertiary/aromatic N) is 1. The second-order valence-electron chi connectivity index (χ2n) is 6.19. The lowest BCUT2D eigenvalue weighted by atomic mass is 9.85. The fraction of sp³-hybridized carbons (Fsp3) is 0.389. The molecule has 0 bridgehead atoms. The van der Waals surface area contributed by atoms with Gasteiger partial charge in [-0.15, -0.1) is 0 Å². The number of halogens is 1. The van der Waals surface area contributed by atoms with Crippen molar-refractivity contribution in [1.82, 2.24) is 10.2 Å². The fourth-order valence-electron chi connectivity index (χ4n) is 3.30. The van der Waals surface area contributed by atoms with E-state index in [4.69, 9.17) is 11.6 Å². The minimum Gasteiger partial charge on any atom is -0.350 e. The Morgan fingerprint density at radius 1 is 1.21 bits per heavy atom. The number of allylic oxidation sites excluding steroid dienone is 2. The number of imide groups is 1. The molecule has 1 heterocycles. The number of carbonyl (C=O) groups is 3. The van der Waals surface area contributed by atoms with Crippen molar-refractivity contribution in [2.75, 3.05) is 0 Å². The zero-order valence-corrected chi connectivity index (χ0v) is 14.1. The number of nitrogens with one attached hydrogen (secondary N) is 1. The van der Waals surface area contributed by atoms with Crippen LogP contribution < -0.4 is 5.32 Å². The summed E-state index contributed by atoms with van der Waals surface area (Å²) >= 11 is 6.07. The molecule has 6 heteroatoms. The van der Waals surface area contributed by atoms with Crippen LogP contribution in [0.25, 0.3) is 0 Å². The molecule has 3 atom stereocenters. The van der Waals surface area contributed by atoms with Crippen molar-refractivity contribution in [2.24, 2.45) is 11.8 Å². The van der Waals surface area contributed by atoms with Crippen LogP contribution in [0.4, 0.5) is 0 Å². The highest BCUT2D eigenvalue weighted by Crippen LogP contribution is 2.36. The van der Waals surface area contributed by atoms with Crippen molar-refractivity contribution in [3.8, 4) is 0 Å². The normalized spacial score (nSPS) is 24.0. The second kappa shape index (κ2) is 6.77. The van der Waals surface area contributed by atoms with Crippen LogP contribution >= 0.6 is 11.6 Å². The van der Waals surface area contributed by atoms with Gasteiger partial charge in [0.1, 0.15) is 6.04 Å². The standard InChI is InChI=1S/C18H19ClN2O3/c1-11(16(22)20-10-12-6-2-5-9-15(12)19)21-17(23)13-7-3-4-8-14(13)18(21)24/h2-6,9,11,13-14H,7-8,10H2,1H3,(H,20,22). The highest BCUT2D eigenvalue weighted by Gasteiger charge is 2.49. The molecular formula is C18H19ClN2O3. The Kier molecular flexibility index (Phi) is 4.71. The lowest BCUT2D eigenvalue weighted by Gasteiger charge is -2.22. The van der Waals surface area contributed by atoms with Crippen LogP contribution in [0.15, 0.2) is 36.4 Å². The van der Waals surface area contributed by atoms with Gasteiger partial charge in [-0.05, 0) is 31.4 Å². The van der Waals surface area contributed by atoms with Crippen LogP contribution in [0, 0.1) is 11.8 Å². The van der Waals surface area contributed by atoms with E-state index in [1.54, 1.807) is 13.0 Å². The minimum atomic E-state index is -0.821. The first-order valence-corrected chi connectivity index (χ1v) is 8.41. The van der Waals surface area contributed by atoms with E-state index < -0.39 is 6.04 Å². The summed E-state index contributed by atoms with van der Waals surface area (Å²) in [4.78, 5) is 38.5. The number of benzene rings is 1. The maximum Gasteiger partial charge on any atom is 0.243 e. The number of likely N-dealkylation sites (tertiary alicyclic amines) is 1. The molecule has 1 aromatic carbocycles. The number of hydrogen-bond acceptors (Lipinski definition) is 3. The first kappa shape index (κ1) is 16.7. The lowest BCUT2D eigenvalue weighted by molar-refractivity contribution is -0.147. The van der Waals surface area contributed by atoms with E-state index in [0.29, 0.717) is 17.9 Å². The number of fused-ring (bicyclic) bond motifs is 1. The molecular weight excluding hydrogens is 328 g/mol. The minimum absolute atomic E-state index is 0.241. The van der Waals surface area contributed by atoms with Gasteiger partial charge in [0.15, 0.2) is 0 Å². The Morgan fingerprint density at radius 3 is 2.38 bits per heavy atom. The van der Waals surface area contributed by atoms with E-state index in [-0.39, 0.29) is 36.1 Å². The number of hydrogen-bond donors (Lipinski definition) is 1. The summed E-state index contributed by atoms with van der Waals surface area (Å²) < 4.78 is 0. The summed E-state index contributed by atoms with van der Waals surface area (Å²) in [6, 6.07) is 6.39. The SMILES string of the molecule is CC(C(=O)NCc1ccccc1Cl)N1C(=O)C2CC=CCC2C1=O. The third-order valence-electron chi connectivity index (χ3n) is 4.72. The Hall–Kier alpha value is -2.14. The van der Waals surface area contributed by atoms with E-state index >= 15 is 0 Å². The van der Waals surface area contributed by atoms with Gasteiger partial charge in [-0.2, -0.15) is 0 Å². The summed E-state index contributed by atoms with van der Waals surface area (Å²) in [6.07, 6.45) is 5.00. The smallest absolute Gasteiger partial charge is 0.243 e. The molecule has 1 N–H and O–H groups in total. The molecule has 1 fully saturated rings. The third kappa shape index (κ3) is 2.96. The van der Waals surface area contributed by atoms with Crippen LogP contribution in [0.1, 0.15) is 25.3 Å². The Balaban J connectivity index is 1.66. The fourth-order valence-corrected chi connectivity index (χ4v) is 3.50. The molecule has 3 rings (SSSR count). The Bertz CT molecular complexity index is 690. The van der Waals surface area contributed by atoms with Crippen molar-refractivity contribution in [1.29, 1.82) is 0 Å². The first-order valence-electron chi connectivity index (χ1n) is 8.03. The molecule has 1 aromatic rings. The van der Waals surface area contributed by atoms with Crippen molar-refractivity contribution in [2.45, 2.75) is 32.4 Å². The van der Waals surface area contributed by atoms with E-state index in [2.05, 4.69) is 5.32 Å². The van der Waals surface area contributed by atoms with Crippen molar-refractivity contribution < 1.29 is 14.4 Å². The van der Waals surface area contributed by atoms with Gasteiger partial charge >= 0.3 is 0 Å². The third-order valence-corrected chi connectivity index (χ3v) is 5.09. The summed E-state index contributed by atoms with van der Waals surface area (Å²) in [5, 5.41) is 3.32. The Morgan fingerprint density at radius 2 is 1.79 bits per heavy atom. The number of rotatable bonds is 4. The molecule has 0 radical (unpaired) electrons. The monoisotopic (exact) mass is 346 g/mol. The van der Waals surface area contributed by atoms with Gasteiger partial charge in [-0.3, -0.25) is 19.3 Å². The molecule has 1 saturated heterocycles. The lowest BCUT2D eigenvalue weighted by Crippen LogP contribution is -2.48. The maximum absolute atomic E-state index is 12.5. The van der Waals surface area contributed by atoms with Gasteiger partial charge in [0.05, 0.1) is 11.8 Å². The van der Waals surface area contributed by atoms with Crippen LogP contribution in [0.3, 0.4) is 0 Å². The molecule has 1 aliphatic carbocycles. The van der Waals surface area contributed by atoms with Gasteiger partial charge in [0, 0.05) is 11.6 Å². The molecule has 126 valence electrons. The second-order valence-corrected chi connectivity index (χ2v) is 6.59. The molecule has 5 nitrogen and oxygen atoms in total. The van der Waals surface area contributed by atoms with Crippen molar-refractivity contribution in [3.05, 3.63) is 47.0 Å². The van der Waals surface area contributed by atoms with Gasteiger partial charge < -0.3 is 5.32 Å². The quantitative estimate of drug-likeness (QED) is 0.672. The van der Waals surface area contributed by atoms with E-state index in [1.807, 2.05) is 30.4 Å². The largest absolute Gasteiger partial charge is 0.350 e. The average Bonchev–Trinajstić information content (AvgIpc) is 2.85. The predicted octanol–water partition coefficient (Wildman–Crippen LogP) is 2.30. The molecule has 0 saturated carbocycles. The molecule has 3 amide bonds. The average molecular weight is 347 g/mol. The van der Waals surface area contributed by atoms with E-state index in [1.165, 1.54) is 0 Å². The highest BCUT2D eigenvalue weighted by molar-refractivity contribution is 6.31. The summed E-state index contributed by atoms with van der Waals surface area (Å²) in [5.74, 6) is -1.48. The van der Waals surface area contributed by atoms with Gasteiger partial charge in [-0.1, -0.05) is 42.0 Å². The summed E-state index contributed by atoms with van der Waals surface area (Å²) in [5.41, 5.74) is 0.789. The van der Waals surface area contributed by atoms with Crippen LogP contribution in [-0.4, -0.2) is 28.7 Å². The Labute approximate surface area is 145 Å². The predicted molar refractivity (Wildman–Crippen MR) is 90.0 cm³/mol. The summed E-state index contributed by atoms with van der Waals surface area (Å²) in [6.45, 7) is 1.84. The first-order chi connectivity index (χ1) is 11.5. The summed E-state index contributed by atoms with van der Waals surface area (Å²) in [7, 11) is 0. The van der Waals surface area contributed by atoms with E-state index in [0.717, 1.165) is 10.5 Å². The topological polar surface area (TPSA) is 66.5 Å². The van der Waals surface area contributed by atoms with E-state index in [9.17, 15) is 14.4 Å². The molecule has 2 aliphatic rings. The van der Waals surface area contributed by atoms with Gasteiger partial charge in [-0.25, -0.2) is 0 Å². The molecule has 0 spiro atoms. The van der Waals surface area contributed by atoms with Crippen molar-refractivity contribution in [3.63, 3.8) is 0 Å². The molecule has 1 aliphatic heterocycles. The van der Waals surface area contributed by atoms with Gasteiger partial charge in [0.2, 0.25) is 17.7 Å². The zero-order valence-electron chi connectivity index (χ0n) is 13.4. The highest BCUT2D eigenvalue weighted by atomic mass is 35.5. The maximum atomic E-state index is 12.5.